The standard InChI is InChI=1S/C23H29N3O4/c1-5-24-23(26(2)15-18-12-17-8-6-7-9-20(17)30-18)25-14-19(27)16-10-11-21(28-3)22(13-16)29-4/h6-13,19,27H,5,14-15H2,1-4H3,(H,24,25). The van der Waals surface area contributed by atoms with Crippen molar-refractivity contribution >= 4 is 16.9 Å². The predicted molar refractivity (Wildman–Crippen MR) is 118 cm³/mol. The number of rotatable bonds is 8. The summed E-state index contributed by atoms with van der Waals surface area (Å²) in [6.07, 6.45) is -0.766. The van der Waals surface area contributed by atoms with Crippen LogP contribution in [0.25, 0.3) is 11.0 Å². The summed E-state index contributed by atoms with van der Waals surface area (Å²) in [7, 11) is 5.10. The van der Waals surface area contributed by atoms with Crippen molar-refractivity contribution in [3.63, 3.8) is 0 Å². The lowest BCUT2D eigenvalue weighted by molar-refractivity contribution is 0.186. The molecule has 0 bridgehead atoms. The fraction of sp³-hybridized carbons (Fsp3) is 0.348. The summed E-state index contributed by atoms with van der Waals surface area (Å²) in [6, 6.07) is 15.3. The van der Waals surface area contributed by atoms with Crippen LogP contribution in [0.1, 0.15) is 24.4 Å². The van der Waals surface area contributed by atoms with Gasteiger partial charge < -0.3 is 29.2 Å². The van der Waals surface area contributed by atoms with Gasteiger partial charge in [0.05, 0.1) is 33.4 Å². The van der Waals surface area contributed by atoms with E-state index in [9.17, 15) is 5.11 Å². The summed E-state index contributed by atoms with van der Waals surface area (Å²) in [5.41, 5.74) is 1.58. The Hall–Kier alpha value is -3.19. The Kier molecular flexibility index (Phi) is 7.19. The topological polar surface area (TPSA) is 79.5 Å². The maximum absolute atomic E-state index is 10.6. The summed E-state index contributed by atoms with van der Waals surface area (Å²) < 4.78 is 16.5. The molecule has 0 amide bonds. The molecule has 30 heavy (non-hydrogen) atoms. The third kappa shape index (κ3) is 5.04. The largest absolute Gasteiger partial charge is 0.493 e. The quantitative estimate of drug-likeness (QED) is 0.436. The molecule has 0 radical (unpaired) electrons. The number of para-hydroxylation sites is 1. The molecule has 7 nitrogen and oxygen atoms in total. The molecule has 0 aliphatic carbocycles. The summed E-state index contributed by atoms with van der Waals surface area (Å²) in [6.45, 7) is 3.50. The molecule has 0 spiro atoms. The highest BCUT2D eigenvalue weighted by Gasteiger charge is 2.14. The lowest BCUT2D eigenvalue weighted by Crippen LogP contribution is -2.38. The number of aliphatic hydroxyl groups excluding tert-OH is 1. The van der Waals surface area contributed by atoms with E-state index in [0.717, 1.165) is 23.3 Å². The van der Waals surface area contributed by atoms with E-state index in [1.54, 1.807) is 26.4 Å². The first kappa shape index (κ1) is 21.5. The van der Waals surface area contributed by atoms with Crippen LogP contribution in [0, 0.1) is 0 Å². The van der Waals surface area contributed by atoms with E-state index in [0.29, 0.717) is 29.6 Å². The number of hydrogen-bond donors (Lipinski definition) is 2. The Morgan fingerprint density at radius 1 is 1.13 bits per heavy atom. The zero-order valence-electron chi connectivity index (χ0n) is 17.9. The first-order valence-corrected chi connectivity index (χ1v) is 9.92. The van der Waals surface area contributed by atoms with Gasteiger partial charge in [-0.15, -0.1) is 0 Å². The monoisotopic (exact) mass is 411 g/mol. The number of nitrogens with zero attached hydrogens (tertiary/aromatic N) is 2. The van der Waals surface area contributed by atoms with Crippen LogP contribution in [-0.4, -0.2) is 50.3 Å². The molecule has 1 unspecified atom stereocenters. The predicted octanol–water partition coefficient (Wildman–Crippen LogP) is 3.58. The van der Waals surface area contributed by atoms with Gasteiger partial charge >= 0.3 is 0 Å². The van der Waals surface area contributed by atoms with Gasteiger partial charge in [0.25, 0.3) is 0 Å². The lowest BCUT2D eigenvalue weighted by Gasteiger charge is -2.21. The number of fused-ring (bicyclic) bond motifs is 1. The Balaban J connectivity index is 1.71. The Morgan fingerprint density at radius 2 is 1.90 bits per heavy atom. The van der Waals surface area contributed by atoms with Crippen LogP contribution in [0.4, 0.5) is 0 Å². The van der Waals surface area contributed by atoms with Gasteiger partial charge in [0.2, 0.25) is 0 Å². The molecule has 7 heteroatoms. The second kappa shape index (κ2) is 10.0. The minimum Gasteiger partial charge on any atom is -0.493 e. The number of aliphatic imine (C=N–C) groups is 1. The molecule has 0 saturated carbocycles. The smallest absolute Gasteiger partial charge is 0.194 e. The molecule has 2 aromatic carbocycles. The first-order valence-electron chi connectivity index (χ1n) is 9.92. The normalized spacial score (nSPS) is 12.6. The third-order valence-electron chi connectivity index (χ3n) is 4.77. The van der Waals surface area contributed by atoms with E-state index >= 15 is 0 Å². The van der Waals surface area contributed by atoms with E-state index in [1.165, 1.54) is 0 Å². The van der Waals surface area contributed by atoms with Crippen LogP contribution in [0.2, 0.25) is 0 Å². The highest BCUT2D eigenvalue weighted by molar-refractivity contribution is 5.80. The number of ether oxygens (including phenoxy) is 2. The van der Waals surface area contributed by atoms with Crippen molar-refractivity contribution < 1.29 is 19.0 Å². The second-order valence-corrected chi connectivity index (χ2v) is 6.93. The average Bonchev–Trinajstić information content (AvgIpc) is 3.17. The third-order valence-corrected chi connectivity index (χ3v) is 4.77. The SMILES string of the molecule is CCNC(=NCC(O)c1ccc(OC)c(OC)c1)N(C)Cc1cc2ccccc2o1. The molecular weight excluding hydrogens is 382 g/mol. The van der Waals surface area contributed by atoms with Gasteiger partial charge in [-0.2, -0.15) is 0 Å². The van der Waals surface area contributed by atoms with Gasteiger partial charge in [0.1, 0.15) is 11.3 Å². The molecule has 0 saturated heterocycles. The zero-order chi connectivity index (χ0) is 21.5. The van der Waals surface area contributed by atoms with E-state index in [4.69, 9.17) is 13.9 Å². The zero-order valence-corrected chi connectivity index (χ0v) is 17.9. The van der Waals surface area contributed by atoms with Crippen molar-refractivity contribution in [2.75, 3.05) is 34.4 Å². The number of aliphatic hydroxyl groups is 1. The van der Waals surface area contributed by atoms with Crippen molar-refractivity contribution in [2.24, 2.45) is 4.99 Å². The molecule has 2 N–H and O–H groups in total. The van der Waals surface area contributed by atoms with E-state index in [-0.39, 0.29) is 6.54 Å². The average molecular weight is 412 g/mol. The van der Waals surface area contributed by atoms with Crippen LogP contribution < -0.4 is 14.8 Å². The summed E-state index contributed by atoms with van der Waals surface area (Å²) >= 11 is 0. The molecule has 0 aliphatic heterocycles. The van der Waals surface area contributed by atoms with Crippen LogP contribution in [0.15, 0.2) is 57.9 Å². The van der Waals surface area contributed by atoms with Crippen molar-refractivity contribution in [1.29, 1.82) is 0 Å². The van der Waals surface area contributed by atoms with E-state index in [1.807, 2.05) is 55.3 Å². The summed E-state index contributed by atoms with van der Waals surface area (Å²) in [4.78, 5) is 6.58. The van der Waals surface area contributed by atoms with Crippen LogP contribution in [0.3, 0.4) is 0 Å². The van der Waals surface area contributed by atoms with Gasteiger partial charge in [-0.25, -0.2) is 0 Å². The molecule has 0 aliphatic rings. The highest BCUT2D eigenvalue weighted by atomic mass is 16.5. The number of guanidine groups is 1. The number of nitrogens with one attached hydrogen (secondary N) is 1. The Morgan fingerprint density at radius 3 is 2.60 bits per heavy atom. The van der Waals surface area contributed by atoms with Crippen LogP contribution in [0.5, 0.6) is 11.5 Å². The number of methoxy groups -OCH3 is 2. The van der Waals surface area contributed by atoms with Crippen molar-refractivity contribution in [3.05, 3.63) is 59.9 Å². The number of hydrogen-bond acceptors (Lipinski definition) is 5. The van der Waals surface area contributed by atoms with Gasteiger partial charge in [0, 0.05) is 19.0 Å². The molecule has 0 fully saturated rings. The summed E-state index contributed by atoms with van der Waals surface area (Å²) in [5.74, 6) is 2.74. The van der Waals surface area contributed by atoms with Gasteiger partial charge in [-0.05, 0) is 36.8 Å². The van der Waals surface area contributed by atoms with Crippen molar-refractivity contribution in [2.45, 2.75) is 19.6 Å². The second-order valence-electron chi connectivity index (χ2n) is 6.93. The van der Waals surface area contributed by atoms with E-state index < -0.39 is 6.10 Å². The molecule has 1 atom stereocenters. The Bertz CT molecular complexity index is 966. The maximum atomic E-state index is 10.6. The minimum atomic E-state index is -0.766. The van der Waals surface area contributed by atoms with Crippen molar-refractivity contribution in [3.8, 4) is 11.5 Å². The fourth-order valence-electron chi connectivity index (χ4n) is 3.23. The van der Waals surface area contributed by atoms with Crippen LogP contribution in [-0.2, 0) is 6.54 Å². The molecular formula is C23H29N3O4. The highest BCUT2D eigenvalue weighted by Crippen LogP contribution is 2.30. The van der Waals surface area contributed by atoms with Gasteiger partial charge in [-0.3, -0.25) is 4.99 Å². The maximum Gasteiger partial charge on any atom is 0.194 e. The molecule has 160 valence electrons. The molecule has 1 aromatic heterocycles. The molecule has 1 heterocycles. The number of benzene rings is 2. The van der Waals surface area contributed by atoms with Crippen molar-refractivity contribution in [1.82, 2.24) is 10.2 Å². The molecule has 3 rings (SSSR count). The summed E-state index contributed by atoms with van der Waals surface area (Å²) in [5, 5.41) is 15.0. The minimum absolute atomic E-state index is 0.211. The van der Waals surface area contributed by atoms with Gasteiger partial charge in [0.15, 0.2) is 17.5 Å². The lowest BCUT2D eigenvalue weighted by atomic mass is 10.1. The van der Waals surface area contributed by atoms with Gasteiger partial charge in [-0.1, -0.05) is 24.3 Å². The fourth-order valence-corrected chi connectivity index (χ4v) is 3.23. The number of furan rings is 1. The first-order chi connectivity index (χ1) is 14.5. The molecule has 3 aromatic rings. The van der Waals surface area contributed by atoms with E-state index in [2.05, 4.69) is 10.3 Å². The Labute approximate surface area is 176 Å². The van der Waals surface area contributed by atoms with Crippen LogP contribution >= 0.6 is 0 Å².